The maximum Gasteiger partial charge on any atom is 0.343 e. The van der Waals surface area contributed by atoms with E-state index in [9.17, 15) is 9.59 Å². The molecule has 6 heteroatoms. The van der Waals surface area contributed by atoms with E-state index in [2.05, 4.69) is 18.3 Å². The van der Waals surface area contributed by atoms with Crippen molar-refractivity contribution in [3.8, 4) is 11.1 Å². The third kappa shape index (κ3) is 3.17. The second-order valence-electron chi connectivity index (χ2n) is 8.53. The number of pyridine rings is 2. The van der Waals surface area contributed by atoms with Gasteiger partial charge in [-0.15, -0.1) is 0 Å². The van der Waals surface area contributed by atoms with Crippen molar-refractivity contribution >= 4 is 11.5 Å². The van der Waals surface area contributed by atoms with Gasteiger partial charge in [-0.25, -0.2) is 9.18 Å². The Morgan fingerprint density at radius 2 is 2.03 bits per heavy atom. The quantitative estimate of drug-likeness (QED) is 0.625. The van der Waals surface area contributed by atoms with E-state index < -0.39 is 17.3 Å². The lowest BCUT2D eigenvalue weighted by Crippen LogP contribution is -2.25. The summed E-state index contributed by atoms with van der Waals surface area (Å²) in [6, 6.07) is 7.99. The van der Waals surface area contributed by atoms with Crippen molar-refractivity contribution in [3.05, 3.63) is 74.5 Å². The molecule has 1 aliphatic heterocycles. The zero-order valence-electron chi connectivity index (χ0n) is 17.9. The summed E-state index contributed by atoms with van der Waals surface area (Å²) in [4.78, 5) is 25.4. The maximum atomic E-state index is 15.4. The van der Waals surface area contributed by atoms with E-state index in [-0.39, 0.29) is 24.1 Å². The number of aryl methyl sites for hydroxylation is 1. The topological polar surface area (TPSA) is 59.8 Å². The van der Waals surface area contributed by atoms with Gasteiger partial charge in [0.25, 0.3) is 5.56 Å². The first-order chi connectivity index (χ1) is 14.9. The second kappa shape index (κ2) is 7.31. The van der Waals surface area contributed by atoms with Crippen LogP contribution in [-0.2, 0) is 11.3 Å². The average Bonchev–Trinajstić information content (AvgIpc) is 3.52. The number of rotatable bonds is 4. The van der Waals surface area contributed by atoms with E-state index in [4.69, 9.17) is 4.74 Å². The molecule has 5 nitrogen and oxygen atoms in total. The highest BCUT2D eigenvalue weighted by molar-refractivity contribution is 5.91. The molecule has 0 amide bonds. The number of halogens is 1. The molecule has 2 aliphatic rings. The van der Waals surface area contributed by atoms with Gasteiger partial charge in [-0.3, -0.25) is 9.20 Å². The molecule has 0 spiro atoms. The summed E-state index contributed by atoms with van der Waals surface area (Å²) in [6.45, 7) is 6.60. The van der Waals surface area contributed by atoms with Crippen molar-refractivity contribution < 1.29 is 13.9 Å². The molecule has 1 aromatic carbocycles. The van der Waals surface area contributed by atoms with Crippen LogP contribution in [-0.4, -0.2) is 17.0 Å². The minimum Gasteiger partial charge on any atom is -0.462 e. The summed E-state index contributed by atoms with van der Waals surface area (Å²) in [7, 11) is 0. The molecule has 1 N–H and O–H groups in total. The highest BCUT2D eigenvalue weighted by Crippen LogP contribution is 2.44. The van der Waals surface area contributed by atoms with Crippen LogP contribution in [0.15, 0.2) is 35.3 Å². The number of benzene rings is 1. The number of nitrogens with zero attached hydrogens (tertiary/aromatic N) is 1. The molecule has 0 unspecified atom stereocenters. The first-order valence-electron chi connectivity index (χ1n) is 10.8. The van der Waals surface area contributed by atoms with Crippen LogP contribution in [0.4, 0.5) is 4.39 Å². The zero-order chi connectivity index (χ0) is 21.9. The molecule has 3 aromatic rings. The first kappa shape index (κ1) is 19.9. The van der Waals surface area contributed by atoms with Gasteiger partial charge in [0.15, 0.2) is 0 Å². The van der Waals surface area contributed by atoms with E-state index >= 15 is 4.39 Å². The minimum absolute atomic E-state index is 0.0367. The lowest BCUT2D eigenvalue weighted by atomic mass is 9.93. The molecular formula is C25H25FN2O3. The lowest BCUT2D eigenvalue weighted by molar-refractivity contribution is 0.0524. The predicted molar refractivity (Wildman–Crippen MR) is 117 cm³/mol. The van der Waals surface area contributed by atoms with Crippen LogP contribution < -0.4 is 10.9 Å². The number of ether oxygens (including phenoxy) is 1. The van der Waals surface area contributed by atoms with Gasteiger partial charge < -0.3 is 10.1 Å². The Balaban J connectivity index is 1.76. The summed E-state index contributed by atoms with van der Waals surface area (Å²) in [5.74, 6) is -0.870. The van der Waals surface area contributed by atoms with Crippen molar-refractivity contribution in [3.63, 3.8) is 0 Å². The SMILES string of the molecule is CCOC(=O)c1cc(C2CC2)c2c(C)c(-c3ccc4c(c3)CN[C@@H]4C)c(F)cn2c1=O. The summed E-state index contributed by atoms with van der Waals surface area (Å²) in [5, 5.41) is 3.41. The third-order valence-corrected chi connectivity index (χ3v) is 6.48. The number of carbonyl (C=O) groups excluding carboxylic acids is 1. The molecule has 0 bridgehead atoms. The fraction of sp³-hybridized carbons (Fsp3) is 0.360. The molecule has 1 atom stereocenters. The predicted octanol–water partition coefficient (Wildman–Crippen LogP) is 4.63. The Morgan fingerprint density at radius 3 is 2.74 bits per heavy atom. The van der Waals surface area contributed by atoms with Crippen LogP contribution >= 0.6 is 0 Å². The lowest BCUT2D eigenvalue weighted by Gasteiger charge is -2.17. The zero-order valence-corrected chi connectivity index (χ0v) is 17.9. The van der Waals surface area contributed by atoms with Crippen LogP contribution in [0.3, 0.4) is 0 Å². The summed E-state index contributed by atoms with van der Waals surface area (Å²) in [6.07, 6.45) is 3.21. The Hall–Kier alpha value is -2.99. The number of aromatic nitrogens is 1. The highest BCUT2D eigenvalue weighted by atomic mass is 19.1. The van der Waals surface area contributed by atoms with E-state index in [0.29, 0.717) is 16.6 Å². The van der Waals surface area contributed by atoms with Gasteiger partial charge in [0, 0.05) is 24.3 Å². The largest absolute Gasteiger partial charge is 0.462 e. The van der Waals surface area contributed by atoms with Crippen molar-refractivity contribution in [2.24, 2.45) is 0 Å². The van der Waals surface area contributed by atoms with E-state index in [1.54, 1.807) is 13.0 Å². The number of carbonyl (C=O) groups is 1. The summed E-state index contributed by atoms with van der Waals surface area (Å²) >= 11 is 0. The number of esters is 1. The van der Waals surface area contributed by atoms with E-state index in [0.717, 1.165) is 30.5 Å². The van der Waals surface area contributed by atoms with Gasteiger partial charge in [-0.05, 0) is 79.5 Å². The van der Waals surface area contributed by atoms with Gasteiger partial charge in [0.2, 0.25) is 0 Å². The molecule has 1 fully saturated rings. The van der Waals surface area contributed by atoms with Gasteiger partial charge in [0.1, 0.15) is 11.4 Å². The average molecular weight is 420 g/mol. The number of nitrogens with one attached hydrogen (secondary N) is 1. The fourth-order valence-corrected chi connectivity index (χ4v) is 4.78. The minimum atomic E-state index is -0.661. The highest BCUT2D eigenvalue weighted by Gasteiger charge is 2.30. The maximum absolute atomic E-state index is 15.4. The Bertz CT molecular complexity index is 1290. The fourth-order valence-electron chi connectivity index (χ4n) is 4.78. The van der Waals surface area contributed by atoms with E-state index in [1.165, 1.54) is 21.7 Å². The van der Waals surface area contributed by atoms with Crippen molar-refractivity contribution in [2.75, 3.05) is 6.61 Å². The number of hydrogen-bond donors (Lipinski definition) is 1. The normalized spacial score (nSPS) is 17.7. The second-order valence-corrected chi connectivity index (χ2v) is 8.53. The van der Waals surface area contributed by atoms with E-state index in [1.807, 2.05) is 19.1 Å². The van der Waals surface area contributed by atoms with Crippen LogP contribution in [0.2, 0.25) is 0 Å². The van der Waals surface area contributed by atoms with Crippen LogP contribution in [0.25, 0.3) is 16.6 Å². The van der Waals surface area contributed by atoms with Crippen LogP contribution in [0, 0.1) is 12.7 Å². The molecule has 31 heavy (non-hydrogen) atoms. The Kier molecular flexibility index (Phi) is 4.70. The molecule has 3 heterocycles. The van der Waals surface area contributed by atoms with Crippen molar-refractivity contribution in [1.29, 1.82) is 0 Å². The molecule has 0 radical (unpaired) electrons. The molecule has 2 aromatic heterocycles. The molecule has 1 saturated carbocycles. The smallest absolute Gasteiger partial charge is 0.343 e. The van der Waals surface area contributed by atoms with Gasteiger partial charge in [0.05, 0.1) is 12.1 Å². The number of hydrogen-bond acceptors (Lipinski definition) is 4. The molecule has 0 saturated heterocycles. The van der Waals surface area contributed by atoms with Crippen molar-refractivity contribution in [2.45, 2.75) is 52.1 Å². The third-order valence-electron chi connectivity index (χ3n) is 6.48. The molecule has 5 rings (SSSR count). The Labute approximate surface area is 179 Å². The standard InChI is InChI=1S/C25H25FN2O3/c1-4-31-25(30)20-10-19(15-5-6-15)23-13(2)22(21(26)12-28(23)24(20)29)16-7-8-18-14(3)27-11-17(18)9-16/h7-10,12,14-15,27H,4-6,11H2,1-3H3/t14-/m1/s1. The van der Waals surface area contributed by atoms with Gasteiger partial charge in [-0.1, -0.05) is 12.1 Å². The number of fused-ring (bicyclic) bond motifs is 2. The van der Waals surface area contributed by atoms with Gasteiger partial charge >= 0.3 is 5.97 Å². The first-order valence-corrected chi connectivity index (χ1v) is 10.8. The van der Waals surface area contributed by atoms with Gasteiger partial charge in [-0.2, -0.15) is 0 Å². The molecular weight excluding hydrogens is 395 g/mol. The van der Waals surface area contributed by atoms with Crippen molar-refractivity contribution in [1.82, 2.24) is 9.72 Å². The van der Waals surface area contributed by atoms with Crippen LogP contribution in [0.1, 0.15) is 71.3 Å². The molecule has 160 valence electrons. The monoisotopic (exact) mass is 420 g/mol. The van der Waals surface area contributed by atoms with Crippen LogP contribution in [0.5, 0.6) is 0 Å². The Morgan fingerprint density at radius 1 is 1.26 bits per heavy atom. The summed E-state index contributed by atoms with van der Waals surface area (Å²) in [5.41, 5.74) is 5.46. The molecule has 1 aliphatic carbocycles. The summed E-state index contributed by atoms with van der Waals surface area (Å²) < 4.78 is 21.8.